The fourth-order valence-electron chi connectivity index (χ4n) is 1.89. The van der Waals surface area contributed by atoms with Crippen LogP contribution in [0.5, 0.6) is 0 Å². The molecular formula is C14H14FN3O3. The van der Waals surface area contributed by atoms with Crippen molar-refractivity contribution < 1.29 is 19.1 Å². The second-order valence-electron chi connectivity index (χ2n) is 4.60. The van der Waals surface area contributed by atoms with E-state index in [2.05, 4.69) is 15.3 Å². The van der Waals surface area contributed by atoms with E-state index in [-0.39, 0.29) is 12.0 Å². The quantitative estimate of drug-likeness (QED) is 0.773. The van der Waals surface area contributed by atoms with Crippen LogP contribution in [-0.4, -0.2) is 33.0 Å². The standard InChI is InChI=1S/C14H14FN3O3/c1-8-2-3-9(15)4-11(8)13(19)18-12(14(20)21)5-10-6-16-7-17-10/h2-4,6-7,12H,5H2,1H3,(H,16,17)(H,18,19)(H,20,21)/t12-/m1/s1. The van der Waals surface area contributed by atoms with E-state index in [0.29, 0.717) is 11.3 Å². The van der Waals surface area contributed by atoms with Gasteiger partial charge < -0.3 is 15.4 Å². The molecule has 0 saturated heterocycles. The van der Waals surface area contributed by atoms with Gasteiger partial charge in [0.25, 0.3) is 5.91 Å². The lowest BCUT2D eigenvalue weighted by atomic mass is 10.1. The molecule has 1 atom stereocenters. The third-order valence-electron chi connectivity index (χ3n) is 3.03. The van der Waals surface area contributed by atoms with Gasteiger partial charge in [0.05, 0.1) is 6.33 Å². The molecule has 0 saturated carbocycles. The molecule has 1 amide bonds. The van der Waals surface area contributed by atoms with E-state index < -0.39 is 23.7 Å². The highest BCUT2D eigenvalue weighted by molar-refractivity contribution is 5.97. The summed E-state index contributed by atoms with van der Waals surface area (Å²) in [6.45, 7) is 1.65. The number of aryl methyl sites for hydroxylation is 1. The third kappa shape index (κ3) is 3.65. The lowest BCUT2D eigenvalue weighted by molar-refractivity contribution is -0.139. The van der Waals surface area contributed by atoms with Gasteiger partial charge in [-0.3, -0.25) is 4.79 Å². The normalized spacial score (nSPS) is 11.9. The zero-order valence-corrected chi connectivity index (χ0v) is 11.3. The molecule has 0 spiro atoms. The summed E-state index contributed by atoms with van der Waals surface area (Å²) in [6, 6.07) is 2.67. The molecule has 21 heavy (non-hydrogen) atoms. The van der Waals surface area contributed by atoms with Gasteiger partial charge in [0, 0.05) is 23.9 Å². The number of hydrogen-bond acceptors (Lipinski definition) is 3. The number of carboxylic acid groups (broad SMARTS) is 1. The van der Waals surface area contributed by atoms with Crippen LogP contribution in [0.25, 0.3) is 0 Å². The number of imidazole rings is 1. The highest BCUT2D eigenvalue weighted by Crippen LogP contribution is 2.11. The van der Waals surface area contributed by atoms with E-state index in [1.807, 2.05) is 0 Å². The Morgan fingerprint density at radius 1 is 1.48 bits per heavy atom. The van der Waals surface area contributed by atoms with Gasteiger partial charge in [-0.1, -0.05) is 6.07 Å². The van der Waals surface area contributed by atoms with Crippen molar-refractivity contribution in [2.45, 2.75) is 19.4 Å². The predicted molar refractivity (Wildman–Crippen MR) is 72.3 cm³/mol. The van der Waals surface area contributed by atoms with Crippen LogP contribution in [0, 0.1) is 12.7 Å². The number of carbonyl (C=O) groups excluding carboxylic acids is 1. The largest absolute Gasteiger partial charge is 0.480 e. The van der Waals surface area contributed by atoms with Crippen molar-refractivity contribution in [3.8, 4) is 0 Å². The topological polar surface area (TPSA) is 95.1 Å². The first-order valence-corrected chi connectivity index (χ1v) is 6.24. The van der Waals surface area contributed by atoms with Crippen LogP contribution in [-0.2, 0) is 11.2 Å². The second-order valence-corrected chi connectivity index (χ2v) is 4.60. The van der Waals surface area contributed by atoms with Crippen LogP contribution in [0.3, 0.4) is 0 Å². The fourth-order valence-corrected chi connectivity index (χ4v) is 1.89. The molecular weight excluding hydrogens is 277 g/mol. The maximum Gasteiger partial charge on any atom is 0.326 e. The molecule has 0 bridgehead atoms. The maximum absolute atomic E-state index is 13.2. The molecule has 0 aliphatic heterocycles. The summed E-state index contributed by atoms with van der Waals surface area (Å²) in [5, 5.41) is 11.6. The van der Waals surface area contributed by atoms with Crippen molar-refractivity contribution in [2.24, 2.45) is 0 Å². The van der Waals surface area contributed by atoms with Crippen LogP contribution >= 0.6 is 0 Å². The third-order valence-corrected chi connectivity index (χ3v) is 3.03. The number of halogens is 1. The molecule has 6 nitrogen and oxygen atoms in total. The van der Waals surface area contributed by atoms with E-state index in [1.54, 1.807) is 6.92 Å². The van der Waals surface area contributed by atoms with Crippen molar-refractivity contribution in [1.82, 2.24) is 15.3 Å². The molecule has 0 fully saturated rings. The minimum Gasteiger partial charge on any atom is -0.480 e. The first-order valence-electron chi connectivity index (χ1n) is 6.24. The van der Waals surface area contributed by atoms with Gasteiger partial charge in [-0.25, -0.2) is 14.2 Å². The minimum absolute atomic E-state index is 0.0649. The zero-order valence-electron chi connectivity index (χ0n) is 11.3. The maximum atomic E-state index is 13.2. The summed E-state index contributed by atoms with van der Waals surface area (Å²) in [5.74, 6) is -2.35. The van der Waals surface area contributed by atoms with E-state index in [0.717, 1.165) is 6.07 Å². The molecule has 110 valence electrons. The molecule has 0 unspecified atom stereocenters. The summed E-state index contributed by atoms with van der Waals surface area (Å²) in [6.07, 6.45) is 2.97. The zero-order chi connectivity index (χ0) is 15.4. The first kappa shape index (κ1) is 14.7. The van der Waals surface area contributed by atoms with Crippen LogP contribution in [0.15, 0.2) is 30.7 Å². The van der Waals surface area contributed by atoms with E-state index >= 15 is 0 Å². The molecule has 0 radical (unpaired) electrons. The summed E-state index contributed by atoms with van der Waals surface area (Å²) in [4.78, 5) is 29.9. The summed E-state index contributed by atoms with van der Waals surface area (Å²) in [7, 11) is 0. The minimum atomic E-state index is -1.17. The van der Waals surface area contributed by atoms with Crippen molar-refractivity contribution in [3.63, 3.8) is 0 Å². The molecule has 2 aromatic rings. The van der Waals surface area contributed by atoms with Gasteiger partial charge in [0.15, 0.2) is 0 Å². The van der Waals surface area contributed by atoms with Gasteiger partial charge in [-0.05, 0) is 24.6 Å². The van der Waals surface area contributed by atoms with Gasteiger partial charge in [0.1, 0.15) is 11.9 Å². The van der Waals surface area contributed by atoms with Crippen LogP contribution in [0.2, 0.25) is 0 Å². The van der Waals surface area contributed by atoms with Crippen LogP contribution in [0.1, 0.15) is 21.6 Å². The molecule has 0 aliphatic rings. The number of rotatable bonds is 5. The number of carbonyl (C=O) groups is 2. The Morgan fingerprint density at radius 2 is 2.24 bits per heavy atom. The number of benzene rings is 1. The number of aromatic nitrogens is 2. The van der Waals surface area contributed by atoms with Crippen molar-refractivity contribution >= 4 is 11.9 Å². The van der Waals surface area contributed by atoms with Crippen molar-refractivity contribution in [2.75, 3.05) is 0 Å². The first-order chi connectivity index (χ1) is 9.97. The Hall–Kier alpha value is -2.70. The lowest BCUT2D eigenvalue weighted by Crippen LogP contribution is -2.42. The summed E-state index contributed by atoms with van der Waals surface area (Å²) >= 11 is 0. The van der Waals surface area contributed by atoms with Gasteiger partial charge in [-0.2, -0.15) is 0 Å². The van der Waals surface area contributed by atoms with Gasteiger partial charge in [0.2, 0.25) is 0 Å². The number of carboxylic acids is 1. The monoisotopic (exact) mass is 291 g/mol. The van der Waals surface area contributed by atoms with Crippen molar-refractivity contribution in [3.05, 3.63) is 53.4 Å². The molecule has 1 aromatic heterocycles. The Bertz CT molecular complexity index is 655. The highest BCUT2D eigenvalue weighted by Gasteiger charge is 2.22. The lowest BCUT2D eigenvalue weighted by Gasteiger charge is -2.14. The molecule has 7 heteroatoms. The fraction of sp³-hybridized carbons (Fsp3) is 0.214. The number of hydrogen-bond donors (Lipinski definition) is 3. The second kappa shape index (κ2) is 6.17. The number of nitrogens with zero attached hydrogens (tertiary/aromatic N) is 1. The summed E-state index contributed by atoms with van der Waals surface area (Å²) in [5.41, 5.74) is 1.27. The van der Waals surface area contributed by atoms with Gasteiger partial charge in [-0.15, -0.1) is 0 Å². The Labute approximate surface area is 120 Å². The van der Waals surface area contributed by atoms with E-state index in [9.17, 15) is 14.0 Å². The predicted octanol–water partition coefficient (Wildman–Crippen LogP) is 1.28. The average molecular weight is 291 g/mol. The number of H-pyrrole nitrogens is 1. The molecule has 1 aromatic carbocycles. The smallest absolute Gasteiger partial charge is 0.326 e. The Kier molecular flexibility index (Phi) is 4.32. The van der Waals surface area contributed by atoms with E-state index in [4.69, 9.17) is 5.11 Å². The Morgan fingerprint density at radius 3 is 2.86 bits per heavy atom. The van der Waals surface area contributed by atoms with E-state index in [1.165, 1.54) is 24.7 Å². The molecule has 1 heterocycles. The van der Waals surface area contributed by atoms with Crippen LogP contribution in [0.4, 0.5) is 4.39 Å². The van der Waals surface area contributed by atoms with Crippen molar-refractivity contribution in [1.29, 1.82) is 0 Å². The summed E-state index contributed by atoms with van der Waals surface area (Å²) < 4.78 is 13.2. The van der Waals surface area contributed by atoms with Gasteiger partial charge >= 0.3 is 5.97 Å². The van der Waals surface area contributed by atoms with Crippen LogP contribution < -0.4 is 5.32 Å². The Balaban J connectivity index is 2.14. The SMILES string of the molecule is Cc1ccc(F)cc1C(=O)N[C@H](Cc1cnc[nH]1)C(=O)O. The number of aromatic amines is 1. The molecule has 2 rings (SSSR count). The highest BCUT2D eigenvalue weighted by atomic mass is 19.1. The number of amides is 1. The molecule has 0 aliphatic carbocycles. The average Bonchev–Trinajstić information content (AvgIpc) is 2.93. The molecule has 3 N–H and O–H groups in total. The number of aliphatic carboxylic acids is 1. The number of nitrogens with one attached hydrogen (secondary N) is 2.